The predicted molar refractivity (Wildman–Crippen MR) is 149 cm³/mol. The molecule has 0 atom stereocenters. The molecule has 0 aliphatic rings. The van der Waals surface area contributed by atoms with Gasteiger partial charge in [0.15, 0.2) is 0 Å². The van der Waals surface area contributed by atoms with Crippen molar-refractivity contribution < 1.29 is 9.53 Å². The van der Waals surface area contributed by atoms with E-state index in [1.165, 1.54) is 5.56 Å². The van der Waals surface area contributed by atoms with Crippen molar-refractivity contribution in [2.75, 3.05) is 18.4 Å². The van der Waals surface area contributed by atoms with Crippen molar-refractivity contribution in [1.29, 1.82) is 0 Å². The monoisotopic (exact) mass is 494 g/mol. The molecule has 37 heavy (non-hydrogen) atoms. The van der Waals surface area contributed by atoms with Gasteiger partial charge in [0.2, 0.25) is 0 Å². The second kappa shape index (κ2) is 13.2. The molecule has 0 radical (unpaired) electrons. The molecule has 0 fully saturated rings. The average molecular weight is 495 g/mol. The SMILES string of the molecule is CCN(CC)Cc1cccc(-c2ccccc2OCc2ccc(NC(=O)NCc3cccnc3)cc2)c1. The van der Waals surface area contributed by atoms with Gasteiger partial charge in [0.05, 0.1) is 0 Å². The van der Waals surface area contributed by atoms with Crippen molar-refractivity contribution in [2.24, 2.45) is 0 Å². The van der Waals surface area contributed by atoms with Crippen LogP contribution in [-0.2, 0) is 19.7 Å². The summed E-state index contributed by atoms with van der Waals surface area (Å²) >= 11 is 0. The molecule has 0 saturated carbocycles. The van der Waals surface area contributed by atoms with E-state index in [9.17, 15) is 4.79 Å². The van der Waals surface area contributed by atoms with E-state index in [-0.39, 0.29) is 6.03 Å². The molecule has 1 heterocycles. The van der Waals surface area contributed by atoms with Crippen LogP contribution in [0.3, 0.4) is 0 Å². The number of aromatic nitrogens is 1. The number of hydrogen-bond donors (Lipinski definition) is 2. The number of para-hydroxylation sites is 1. The number of benzene rings is 3. The van der Waals surface area contributed by atoms with E-state index >= 15 is 0 Å². The maximum absolute atomic E-state index is 12.2. The summed E-state index contributed by atoms with van der Waals surface area (Å²) in [5.74, 6) is 0.847. The van der Waals surface area contributed by atoms with Crippen LogP contribution in [0.4, 0.5) is 10.5 Å². The minimum Gasteiger partial charge on any atom is -0.488 e. The van der Waals surface area contributed by atoms with Crippen molar-refractivity contribution in [3.63, 3.8) is 0 Å². The molecule has 0 saturated heterocycles. The Morgan fingerprint density at radius 2 is 1.65 bits per heavy atom. The number of rotatable bonds is 11. The lowest BCUT2D eigenvalue weighted by Crippen LogP contribution is -2.28. The molecule has 0 aliphatic carbocycles. The highest BCUT2D eigenvalue weighted by molar-refractivity contribution is 5.89. The number of anilines is 1. The molecule has 0 spiro atoms. The lowest BCUT2D eigenvalue weighted by Gasteiger charge is -2.19. The van der Waals surface area contributed by atoms with Gasteiger partial charge in [0.1, 0.15) is 12.4 Å². The molecule has 6 nitrogen and oxygen atoms in total. The van der Waals surface area contributed by atoms with Crippen LogP contribution in [0.1, 0.15) is 30.5 Å². The summed E-state index contributed by atoms with van der Waals surface area (Å²) < 4.78 is 6.23. The highest BCUT2D eigenvalue weighted by Gasteiger charge is 2.09. The summed E-state index contributed by atoms with van der Waals surface area (Å²) in [6.07, 6.45) is 3.44. The van der Waals surface area contributed by atoms with E-state index in [2.05, 4.69) is 64.7 Å². The van der Waals surface area contributed by atoms with E-state index in [0.29, 0.717) is 13.2 Å². The Bertz CT molecular complexity index is 1270. The second-order valence-electron chi connectivity index (χ2n) is 8.81. The largest absolute Gasteiger partial charge is 0.488 e. The van der Waals surface area contributed by atoms with Gasteiger partial charge in [-0.25, -0.2) is 4.79 Å². The molecule has 0 aliphatic heterocycles. The number of pyridine rings is 1. The minimum atomic E-state index is -0.259. The number of urea groups is 1. The fourth-order valence-electron chi connectivity index (χ4n) is 4.08. The Morgan fingerprint density at radius 1 is 0.865 bits per heavy atom. The summed E-state index contributed by atoms with van der Waals surface area (Å²) in [6.45, 7) is 8.24. The molecule has 2 amide bonds. The van der Waals surface area contributed by atoms with E-state index in [0.717, 1.165) is 53.3 Å². The number of nitrogens with zero attached hydrogens (tertiary/aromatic N) is 2. The molecule has 6 heteroatoms. The normalized spacial score (nSPS) is 10.8. The first-order chi connectivity index (χ1) is 18.1. The summed E-state index contributed by atoms with van der Waals surface area (Å²) in [4.78, 5) is 18.7. The fourth-order valence-corrected chi connectivity index (χ4v) is 4.08. The number of amides is 2. The highest BCUT2D eigenvalue weighted by atomic mass is 16.5. The van der Waals surface area contributed by atoms with Gasteiger partial charge >= 0.3 is 6.03 Å². The zero-order valence-corrected chi connectivity index (χ0v) is 21.5. The third-order valence-corrected chi connectivity index (χ3v) is 6.21. The lowest BCUT2D eigenvalue weighted by molar-refractivity contribution is 0.251. The smallest absolute Gasteiger partial charge is 0.319 e. The van der Waals surface area contributed by atoms with Crippen molar-refractivity contribution >= 4 is 11.7 Å². The van der Waals surface area contributed by atoms with Gasteiger partial charge < -0.3 is 15.4 Å². The molecule has 4 aromatic rings. The standard InChI is InChI=1S/C31H34N4O2/c1-3-35(4-2)22-25-9-7-11-27(19-25)29-12-5-6-13-30(29)37-23-24-14-16-28(17-15-24)34-31(36)33-21-26-10-8-18-32-20-26/h5-20H,3-4,21-23H2,1-2H3,(H2,33,34,36). The molecule has 0 unspecified atom stereocenters. The van der Waals surface area contributed by atoms with Crippen molar-refractivity contribution in [2.45, 2.75) is 33.5 Å². The van der Waals surface area contributed by atoms with Gasteiger partial charge in [0, 0.05) is 36.7 Å². The van der Waals surface area contributed by atoms with E-state index < -0.39 is 0 Å². The maximum Gasteiger partial charge on any atom is 0.319 e. The fraction of sp³-hybridized carbons (Fsp3) is 0.226. The van der Waals surface area contributed by atoms with Crippen molar-refractivity contribution in [3.8, 4) is 16.9 Å². The third-order valence-electron chi connectivity index (χ3n) is 6.21. The molecular weight excluding hydrogens is 460 g/mol. The Morgan fingerprint density at radius 3 is 2.41 bits per heavy atom. The van der Waals surface area contributed by atoms with E-state index in [1.807, 2.05) is 54.6 Å². The Kier molecular flexibility index (Phi) is 9.27. The van der Waals surface area contributed by atoms with Crippen molar-refractivity contribution in [3.05, 3.63) is 114 Å². The third kappa shape index (κ3) is 7.66. The predicted octanol–water partition coefficient (Wildman–Crippen LogP) is 6.49. The maximum atomic E-state index is 12.2. The molecular formula is C31H34N4O2. The summed E-state index contributed by atoms with van der Waals surface area (Å²) in [6, 6.07) is 28.0. The van der Waals surface area contributed by atoms with Crippen LogP contribution in [-0.4, -0.2) is 29.0 Å². The average Bonchev–Trinajstić information content (AvgIpc) is 2.95. The molecule has 3 aromatic carbocycles. The quantitative estimate of drug-likeness (QED) is 0.250. The van der Waals surface area contributed by atoms with Gasteiger partial charge in [-0.1, -0.05) is 68.4 Å². The molecule has 2 N–H and O–H groups in total. The first kappa shape index (κ1) is 25.9. The van der Waals surface area contributed by atoms with Gasteiger partial charge in [-0.05, 0) is 65.7 Å². The first-order valence-electron chi connectivity index (χ1n) is 12.7. The van der Waals surface area contributed by atoms with Crippen LogP contribution < -0.4 is 15.4 Å². The Balaban J connectivity index is 1.35. The van der Waals surface area contributed by atoms with Gasteiger partial charge in [-0.3, -0.25) is 9.88 Å². The molecule has 0 bridgehead atoms. The summed E-state index contributed by atoms with van der Waals surface area (Å²) in [5, 5.41) is 5.69. The summed E-state index contributed by atoms with van der Waals surface area (Å²) in [7, 11) is 0. The number of nitrogens with one attached hydrogen (secondary N) is 2. The summed E-state index contributed by atoms with van der Waals surface area (Å²) in [5.41, 5.74) is 6.21. The van der Waals surface area contributed by atoms with Crippen LogP contribution in [0.2, 0.25) is 0 Å². The number of carbonyl (C=O) groups is 1. The van der Waals surface area contributed by atoms with E-state index in [4.69, 9.17) is 4.74 Å². The van der Waals surface area contributed by atoms with Crippen LogP contribution in [0.15, 0.2) is 97.3 Å². The zero-order chi connectivity index (χ0) is 25.9. The zero-order valence-electron chi connectivity index (χ0n) is 21.5. The van der Waals surface area contributed by atoms with Gasteiger partial charge in [-0.2, -0.15) is 0 Å². The Labute approximate surface area is 219 Å². The molecule has 190 valence electrons. The number of hydrogen-bond acceptors (Lipinski definition) is 4. The number of ether oxygens (including phenoxy) is 1. The molecule has 1 aromatic heterocycles. The van der Waals surface area contributed by atoms with Crippen molar-refractivity contribution in [1.82, 2.24) is 15.2 Å². The van der Waals surface area contributed by atoms with Crippen LogP contribution in [0, 0.1) is 0 Å². The van der Waals surface area contributed by atoms with Crippen LogP contribution in [0.25, 0.3) is 11.1 Å². The number of carbonyl (C=O) groups excluding carboxylic acids is 1. The topological polar surface area (TPSA) is 66.5 Å². The Hall–Kier alpha value is -4.16. The van der Waals surface area contributed by atoms with Crippen LogP contribution in [0.5, 0.6) is 5.75 Å². The van der Waals surface area contributed by atoms with Crippen LogP contribution >= 0.6 is 0 Å². The second-order valence-corrected chi connectivity index (χ2v) is 8.81. The highest BCUT2D eigenvalue weighted by Crippen LogP contribution is 2.31. The van der Waals surface area contributed by atoms with E-state index in [1.54, 1.807) is 12.4 Å². The first-order valence-corrected chi connectivity index (χ1v) is 12.7. The molecule has 4 rings (SSSR count). The minimum absolute atomic E-state index is 0.259. The lowest BCUT2D eigenvalue weighted by atomic mass is 10.0. The van der Waals surface area contributed by atoms with Gasteiger partial charge in [0.25, 0.3) is 0 Å². The van der Waals surface area contributed by atoms with Gasteiger partial charge in [-0.15, -0.1) is 0 Å².